The van der Waals surface area contributed by atoms with Gasteiger partial charge in [-0.05, 0) is 34.1 Å². The Kier molecular flexibility index (Phi) is 7.18. The van der Waals surface area contributed by atoms with E-state index in [1.165, 1.54) is 19.3 Å². The van der Waals surface area contributed by atoms with E-state index in [2.05, 4.69) is 47.3 Å². The molecule has 3 nitrogen and oxygen atoms in total. The van der Waals surface area contributed by atoms with Crippen molar-refractivity contribution in [2.24, 2.45) is 0 Å². The molecular formula is C17H31BO3. The Bertz CT molecular complexity index is 334. The van der Waals surface area contributed by atoms with Crippen LogP contribution in [0.2, 0.25) is 0 Å². The van der Waals surface area contributed by atoms with Gasteiger partial charge in [0.25, 0.3) is 0 Å². The molecule has 0 bridgehead atoms. The van der Waals surface area contributed by atoms with E-state index in [1.54, 1.807) is 6.08 Å². The molecule has 1 fully saturated rings. The Balaban J connectivity index is 2.55. The first-order chi connectivity index (χ1) is 9.82. The molecule has 4 heteroatoms. The van der Waals surface area contributed by atoms with Crippen molar-refractivity contribution in [3.05, 3.63) is 24.7 Å². The van der Waals surface area contributed by atoms with Crippen molar-refractivity contribution in [3.8, 4) is 0 Å². The van der Waals surface area contributed by atoms with Gasteiger partial charge < -0.3 is 14.0 Å². The molecule has 0 aromatic rings. The summed E-state index contributed by atoms with van der Waals surface area (Å²) in [6.07, 6.45) is 8.61. The maximum atomic E-state index is 5.96. The van der Waals surface area contributed by atoms with Crippen LogP contribution in [-0.2, 0) is 14.0 Å². The van der Waals surface area contributed by atoms with E-state index in [9.17, 15) is 0 Å². The normalized spacial score (nSPS) is 21.9. The van der Waals surface area contributed by atoms with Crippen LogP contribution in [0.4, 0.5) is 0 Å². The minimum absolute atomic E-state index is 0.105. The van der Waals surface area contributed by atoms with E-state index in [-0.39, 0.29) is 24.4 Å². The second kappa shape index (κ2) is 8.16. The maximum absolute atomic E-state index is 5.96. The quantitative estimate of drug-likeness (QED) is 0.360. The van der Waals surface area contributed by atoms with Crippen LogP contribution < -0.4 is 0 Å². The number of hydrogen-bond donors (Lipinski definition) is 0. The summed E-state index contributed by atoms with van der Waals surface area (Å²) in [5.41, 5.74) is -0.580. The van der Waals surface area contributed by atoms with Gasteiger partial charge in [0.2, 0.25) is 0 Å². The molecule has 0 radical (unpaired) electrons. The van der Waals surface area contributed by atoms with E-state index in [4.69, 9.17) is 14.0 Å². The Labute approximate surface area is 130 Å². The van der Waals surface area contributed by atoms with Crippen molar-refractivity contribution in [2.45, 2.75) is 77.6 Å². The molecule has 0 amide bonds. The second-order valence-corrected chi connectivity index (χ2v) is 6.67. The summed E-state index contributed by atoms with van der Waals surface area (Å²) in [7, 11) is -0.295. The van der Waals surface area contributed by atoms with Crippen LogP contribution in [0.15, 0.2) is 24.7 Å². The average molecular weight is 294 g/mol. The van der Waals surface area contributed by atoms with E-state index in [0.29, 0.717) is 6.61 Å². The summed E-state index contributed by atoms with van der Waals surface area (Å²) >= 11 is 0. The summed E-state index contributed by atoms with van der Waals surface area (Å²) in [5.74, 6) is 1.98. The molecule has 0 aromatic heterocycles. The number of unbranched alkanes of at least 4 members (excludes halogenated alkanes) is 2. The molecular weight excluding hydrogens is 263 g/mol. The highest BCUT2D eigenvalue weighted by Gasteiger charge is 2.50. The fourth-order valence-corrected chi connectivity index (χ4v) is 2.20. The molecule has 0 aliphatic carbocycles. The first-order valence-electron chi connectivity index (χ1n) is 8.09. The van der Waals surface area contributed by atoms with Gasteiger partial charge in [0.15, 0.2) is 0 Å². The largest absolute Gasteiger partial charge is 0.486 e. The predicted octanol–water partition coefficient (Wildman–Crippen LogP) is 4.33. The van der Waals surface area contributed by atoms with Crippen LogP contribution in [0.1, 0.15) is 60.3 Å². The lowest BCUT2D eigenvalue weighted by Gasteiger charge is -2.32. The molecule has 0 saturated carbocycles. The summed E-state index contributed by atoms with van der Waals surface area (Å²) in [6.45, 7) is 14.7. The number of rotatable bonds is 9. The van der Waals surface area contributed by atoms with E-state index < -0.39 is 0 Å². The highest BCUT2D eigenvalue weighted by atomic mass is 16.7. The molecule has 1 atom stereocenters. The number of ether oxygens (including phenoxy) is 1. The van der Waals surface area contributed by atoms with Crippen molar-refractivity contribution in [2.75, 3.05) is 6.61 Å². The topological polar surface area (TPSA) is 27.7 Å². The van der Waals surface area contributed by atoms with Crippen molar-refractivity contribution in [3.63, 3.8) is 0 Å². The van der Waals surface area contributed by atoms with Crippen molar-refractivity contribution in [1.82, 2.24) is 0 Å². The van der Waals surface area contributed by atoms with Gasteiger partial charge in [-0.25, -0.2) is 0 Å². The highest BCUT2D eigenvalue weighted by molar-refractivity contribution is 6.51. The smallest absolute Gasteiger partial charge is 0.400 e. The molecule has 0 N–H and O–H groups in total. The zero-order valence-electron chi connectivity index (χ0n) is 14.4. The molecule has 1 saturated heterocycles. The standard InChI is InChI=1S/C17H31BO3/c1-7-9-10-11-15(19-14-8-2)12-13-18-20-16(3,4)17(5,6)21-18/h8,12-13,15H,2,7,9-11,14H2,1,3-6H3/b13-12+. The van der Waals surface area contributed by atoms with Crippen molar-refractivity contribution < 1.29 is 14.0 Å². The average Bonchev–Trinajstić information content (AvgIpc) is 2.60. The van der Waals surface area contributed by atoms with E-state index in [0.717, 1.165) is 6.42 Å². The predicted molar refractivity (Wildman–Crippen MR) is 89.3 cm³/mol. The third kappa shape index (κ3) is 5.61. The van der Waals surface area contributed by atoms with E-state index in [1.807, 2.05) is 5.98 Å². The lowest BCUT2D eigenvalue weighted by Crippen LogP contribution is -2.41. The molecule has 1 heterocycles. The van der Waals surface area contributed by atoms with Gasteiger partial charge in [-0.15, -0.1) is 6.58 Å². The maximum Gasteiger partial charge on any atom is 0.486 e. The van der Waals surface area contributed by atoms with Crippen LogP contribution in [-0.4, -0.2) is 31.0 Å². The van der Waals surface area contributed by atoms with E-state index >= 15 is 0 Å². The van der Waals surface area contributed by atoms with Crippen LogP contribution in [0.5, 0.6) is 0 Å². The molecule has 120 valence electrons. The lowest BCUT2D eigenvalue weighted by atomic mass is 9.89. The molecule has 1 rings (SSSR count). The first-order valence-corrected chi connectivity index (χ1v) is 8.09. The second-order valence-electron chi connectivity index (χ2n) is 6.67. The highest BCUT2D eigenvalue weighted by Crippen LogP contribution is 2.36. The van der Waals surface area contributed by atoms with Gasteiger partial charge >= 0.3 is 7.12 Å². The SMILES string of the molecule is C=CCOC(/C=C/B1OC(C)(C)C(C)(C)O1)CCCCC. The van der Waals surface area contributed by atoms with Gasteiger partial charge in [0, 0.05) is 0 Å². The van der Waals surface area contributed by atoms with Gasteiger partial charge in [-0.3, -0.25) is 0 Å². The molecule has 0 spiro atoms. The van der Waals surface area contributed by atoms with Crippen LogP contribution in [0.25, 0.3) is 0 Å². The fourth-order valence-electron chi connectivity index (χ4n) is 2.20. The third-order valence-corrected chi connectivity index (χ3v) is 4.27. The zero-order chi connectivity index (χ0) is 15.9. The Morgan fingerprint density at radius 2 is 1.76 bits per heavy atom. The summed E-state index contributed by atoms with van der Waals surface area (Å²) in [4.78, 5) is 0. The first kappa shape index (κ1) is 18.5. The van der Waals surface area contributed by atoms with Crippen molar-refractivity contribution in [1.29, 1.82) is 0 Å². The van der Waals surface area contributed by atoms with Crippen molar-refractivity contribution >= 4 is 7.12 Å². The Hall–Kier alpha value is -0.575. The van der Waals surface area contributed by atoms with Crippen LogP contribution >= 0.6 is 0 Å². The minimum atomic E-state index is -0.295. The van der Waals surface area contributed by atoms with Crippen LogP contribution in [0, 0.1) is 0 Å². The fraction of sp³-hybridized carbons (Fsp3) is 0.765. The Morgan fingerprint density at radius 3 is 2.29 bits per heavy atom. The van der Waals surface area contributed by atoms with Gasteiger partial charge in [0.05, 0.1) is 23.9 Å². The molecule has 0 aromatic carbocycles. The number of hydrogen-bond acceptors (Lipinski definition) is 3. The zero-order valence-corrected chi connectivity index (χ0v) is 14.4. The summed E-state index contributed by atoms with van der Waals surface area (Å²) < 4.78 is 17.7. The Morgan fingerprint density at radius 1 is 1.14 bits per heavy atom. The monoisotopic (exact) mass is 294 g/mol. The summed E-state index contributed by atoms with van der Waals surface area (Å²) in [6, 6.07) is 0. The van der Waals surface area contributed by atoms with Gasteiger partial charge in [-0.1, -0.05) is 44.3 Å². The minimum Gasteiger partial charge on any atom is -0.400 e. The third-order valence-electron chi connectivity index (χ3n) is 4.27. The van der Waals surface area contributed by atoms with Crippen LogP contribution in [0.3, 0.4) is 0 Å². The molecule has 1 aliphatic heterocycles. The summed E-state index contributed by atoms with van der Waals surface area (Å²) in [5, 5.41) is 0. The molecule has 1 aliphatic rings. The molecule has 21 heavy (non-hydrogen) atoms. The molecule has 1 unspecified atom stereocenters. The lowest BCUT2D eigenvalue weighted by molar-refractivity contribution is 0.00578. The van der Waals surface area contributed by atoms with Gasteiger partial charge in [0.1, 0.15) is 0 Å². The van der Waals surface area contributed by atoms with Gasteiger partial charge in [-0.2, -0.15) is 0 Å².